The Hall–Kier alpha value is -1.29. The van der Waals surface area contributed by atoms with E-state index < -0.39 is 0 Å². The number of phenolic OH excluding ortho intramolecular Hbond substituents is 2. The second-order valence-corrected chi connectivity index (χ2v) is 5.30. The predicted octanol–water partition coefficient (Wildman–Crippen LogP) is 0.0540. The van der Waals surface area contributed by atoms with Crippen LogP contribution in [0.2, 0.25) is 0 Å². The van der Waals surface area contributed by atoms with Crippen LogP contribution < -0.4 is 29.6 Å². The topological polar surface area (TPSA) is 125 Å². The molecule has 4 N–H and O–H groups in total. The Labute approximate surface area is 213 Å². The van der Waals surface area contributed by atoms with Crippen LogP contribution in [0.5, 0.6) is 11.5 Å². The van der Waals surface area contributed by atoms with Gasteiger partial charge in [-0.2, -0.15) is 0 Å². The van der Waals surface area contributed by atoms with Crippen molar-refractivity contribution < 1.29 is 68.6 Å². The first-order valence-corrected chi connectivity index (χ1v) is 8.40. The van der Waals surface area contributed by atoms with Gasteiger partial charge in [-0.1, -0.05) is 13.3 Å². The molecule has 0 radical (unpaired) electrons. The first kappa shape index (κ1) is 32.4. The molecule has 0 saturated carbocycles. The number of phenols is 2. The average Bonchev–Trinajstić information content (AvgIpc) is 2.64. The maximum absolute atomic E-state index is 11.3. The third-order valence-electron chi connectivity index (χ3n) is 3.21. The van der Waals surface area contributed by atoms with E-state index in [1.807, 2.05) is 6.92 Å². The summed E-state index contributed by atoms with van der Waals surface area (Å²) in [5.74, 6) is -0.408. The number of ether oxygens (including phenoxy) is 2. The van der Waals surface area contributed by atoms with Gasteiger partial charge >= 0.3 is 64.5 Å². The van der Waals surface area contributed by atoms with Gasteiger partial charge in [-0.3, -0.25) is 0 Å². The van der Waals surface area contributed by atoms with Gasteiger partial charge in [0.05, 0.1) is 24.3 Å². The summed E-state index contributed by atoms with van der Waals surface area (Å²) in [5.41, 5.74) is 0.925. The summed E-state index contributed by atoms with van der Waals surface area (Å²) >= 11 is 0. The minimum Gasteiger partial charge on any atom is -1.00 e. The molecule has 154 valence electrons. The van der Waals surface area contributed by atoms with Gasteiger partial charge in [0.25, 0.3) is 0 Å². The van der Waals surface area contributed by atoms with E-state index in [1.165, 1.54) is 36.4 Å². The molecule has 0 heterocycles. The van der Waals surface area contributed by atoms with Gasteiger partial charge in [-0.15, -0.1) is 0 Å². The summed E-state index contributed by atoms with van der Waals surface area (Å²) in [6.07, 6.45) is 1.88. The molecule has 0 saturated heterocycles. The molecule has 0 spiro atoms. The molecule has 9 heteroatoms. The van der Waals surface area contributed by atoms with E-state index in [0.717, 1.165) is 12.8 Å². The molecule has 0 amide bonds. The van der Waals surface area contributed by atoms with Crippen LogP contribution in [0, 0.1) is 0 Å². The van der Waals surface area contributed by atoms with Crippen LogP contribution in [0.3, 0.4) is 0 Å². The fraction of sp³-hybridized carbons (Fsp3) is 0.300. The van der Waals surface area contributed by atoms with Crippen LogP contribution in [-0.4, -0.2) is 63.9 Å². The molecule has 2 aromatic rings. The van der Waals surface area contributed by atoms with Gasteiger partial charge in [-0.05, 0) is 61.9 Å². The van der Waals surface area contributed by atoms with Crippen molar-refractivity contribution in [3.05, 3.63) is 59.7 Å². The van der Waals surface area contributed by atoms with Crippen molar-refractivity contribution in [2.45, 2.75) is 26.7 Å². The largest absolute Gasteiger partial charge is 2.00 e. The van der Waals surface area contributed by atoms with Crippen LogP contribution >= 0.6 is 0 Å². The number of hydrogen-bond acceptors (Lipinski definition) is 6. The molecule has 0 aromatic heterocycles. The fourth-order valence-electron chi connectivity index (χ4n) is 1.80. The van der Waals surface area contributed by atoms with Crippen molar-refractivity contribution in [3.8, 4) is 11.5 Å². The van der Waals surface area contributed by atoms with E-state index in [0.29, 0.717) is 24.3 Å². The number of hydrogen-bond donors (Lipinski definition) is 2. The fourth-order valence-corrected chi connectivity index (χ4v) is 1.80. The van der Waals surface area contributed by atoms with Crippen LogP contribution in [0.4, 0.5) is 0 Å². The zero-order valence-electron chi connectivity index (χ0n) is 20.2. The molecule has 7 nitrogen and oxygen atoms in total. The standard InChI is InChI=1S/C11H14O3.C9H10O3.Mg.Na.H2O.3H/c1-2-3-8-14-11(13)9-4-6-10(12)7-5-9;1-2-12-9(11)7-3-5-8(10)6-4-7;;;;;;/h4-7,12H,2-3,8H2,1H3;3-6,10H,2H2,1H3;;;1H2;;;/q;;+2;+1;;3*-1. The van der Waals surface area contributed by atoms with Crippen LogP contribution in [0.25, 0.3) is 0 Å². The number of carbonyl (C=O) groups excluding carboxylic acids is 2. The molecule has 0 bridgehead atoms. The summed E-state index contributed by atoms with van der Waals surface area (Å²) in [7, 11) is 0. The number of unbranched alkanes of at least 4 members (excludes halogenated alkanes) is 1. The van der Waals surface area contributed by atoms with Crippen molar-refractivity contribution in [1.29, 1.82) is 0 Å². The van der Waals surface area contributed by atoms with E-state index in [2.05, 4.69) is 0 Å². The Morgan fingerprint density at radius 2 is 1.21 bits per heavy atom. The Kier molecular flexibility index (Phi) is 20.9. The minimum atomic E-state index is -0.363. The van der Waals surface area contributed by atoms with Crippen LogP contribution in [-0.2, 0) is 9.47 Å². The van der Waals surface area contributed by atoms with Crippen molar-refractivity contribution in [2.24, 2.45) is 0 Å². The van der Waals surface area contributed by atoms with Gasteiger partial charge in [0, 0.05) is 0 Å². The van der Waals surface area contributed by atoms with Gasteiger partial charge < -0.3 is 29.4 Å². The summed E-state index contributed by atoms with van der Waals surface area (Å²) in [6.45, 7) is 4.60. The molecule has 0 unspecified atom stereocenters. The Balaban J connectivity index is -0.0000000896. The summed E-state index contributed by atoms with van der Waals surface area (Å²) in [6, 6.07) is 12.0. The maximum atomic E-state index is 11.3. The minimum absolute atomic E-state index is 0. The van der Waals surface area contributed by atoms with E-state index >= 15 is 0 Å². The molecule has 0 aliphatic carbocycles. The number of aromatic hydroxyl groups is 2. The monoisotopic (exact) mass is 428 g/mol. The predicted molar refractivity (Wildman–Crippen MR) is 110 cm³/mol. The zero-order valence-corrected chi connectivity index (χ0v) is 20.6. The van der Waals surface area contributed by atoms with Crippen molar-refractivity contribution in [1.82, 2.24) is 0 Å². The molecule has 2 rings (SSSR count). The zero-order chi connectivity index (χ0) is 19.4. The molecule has 0 fully saturated rings. The molecular formula is C20H29MgNaO7. The second-order valence-electron chi connectivity index (χ2n) is 5.30. The van der Waals surface area contributed by atoms with E-state index in [-0.39, 0.29) is 85.8 Å². The Bertz CT molecular complexity index is 705. The third-order valence-corrected chi connectivity index (χ3v) is 3.21. The molecule has 0 aliphatic rings. The maximum Gasteiger partial charge on any atom is 2.00 e. The number of rotatable bonds is 6. The SMILES string of the molecule is CCCCOC(=O)c1ccc(O)cc1.CCOC(=O)c1ccc(O)cc1.O.[H-].[H-].[H-].[Mg+2].[Na+]. The Morgan fingerprint density at radius 3 is 1.55 bits per heavy atom. The first-order chi connectivity index (χ1) is 12.5. The third kappa shape index (κ3) is 13.5. The van der Waals surface area contributed by atoms with Gasteiger partial charge in [-0.25, -0.2) is 9.59 Å². The average molecular weight is 429 g/mol. The first-order valence-electron chi connectivity index (χ1n) is 8.40. The summed E-state index contributed by atoms with van der Waals surface area (Å²) in [4.78, 5) is 22.4. The molecule has 0 atom stereocenters. The smallest absolute Gasteiger partial charge is 1.00 e. The molecular weight excluding hydrogens is 400 g/mol. The second kappa shape index (κ2) is 18.7. The van der Waals surface area contributed by atoms with Crippen molar-refractivity contribution >= 4 is 35.0 Å². The number of benzene rings is 2. The quantitative estimate of drug-likeness (QED) is 0.381. The summed E-state index contributed by atoms with van der Waals surface area (Å²) < 4.78 is 9.73. The number of carbonyl (C=O) groups is 2. The summed E-state index contributed by atoms with van der Waals surface area (Å²) in [5, 5.41) is 17.9. The van der Waals surface area contributed by atoms with E-state index in [9.17, 15) is 9.59 Å². The Morgan fingerprint density at radius 1 is 0.828 bits per heavy atom. The molecule has 29 heavy (non-hydrogen) atoms. The molecule has 0 aliphatic heterocycles. The van der Waals surface area contributed by atoms with Gasteiger partial charge in [0.2, 0.25) is 0 Å². The normalized spacial score (nSPS) is 8.62. The van der Waals surface area contributed by atoms with Crippen LogP contribution in [0.1, 0.15) is 51.7 Å². The van der Waals surface area contributed by atoms with Crippen molar-refractivity contribution in [3.63, 3.8) is 0 Å². The van der Waals surface area contributed by atoms with Crippen LogP contribution in [0.15, 0.2) is 48.5 Å². The van der Waals surface area contributed by atoms with Gasteiger partial charge in [0.15, 0.2) is 0 Å². The van der Waals surface area contributed by atoms with E-state index in [4.69, 9.17) is 19.7 Å². The van der Waals surface area contributed by atoms with E-state index in [1.54, 1.807) is 19.1 Å². The molecule has 2 aromatic carbocycles. The van der Waals surface area contributed by atoms with Crippen molar-refractivity contribution in [2.75, 3.05) is 13.2 Å². The number of esters is 2. The van der Waals surface area contributed by atoms with Gasteiger partial charge in [0.1, 0.15) is 11.5 Å².